The van der Waals surface area contributed by atoms with Crippen LogP contribution in [0.2, 0.25) is 5.02 Å². The van der Waals surface area contributed by atoms with Crippen molar-refractivity contribution in [3.63, 3.8) is 0 Å². The van der Waals surface area contributed by atoms with Crippen molar-refractivity contribution in [3.8, 4) is 0 Å². The van der Waals surface area contributed by atoms with E-state index in [4.69, 9.17) is 21.1 Å². The second-order valence-electron chi connectivity index (χ2n) is 9.78. The molecule has 2 aliphatic rings. The maximum atomic E-state index is 14.2. The number of alkyl carbamates (subject to hydrolysis) is 1. The molecule has 3 amide bonds. The highest BCUT2D eigenvalue weighted by Crippen LogP contribution is 2.34. The molecule has 2 saturated heterocycles. The van der Waals surface area contributed by atoms with Crippen LogP contribution in [0.4, 0.5) is 14.0 Å². The summed E-state index contributed by atoms with van der Waals surface area (Å²) in [4.78, 5) is 26.5. The molecule has 2 aliphatic heterocycles. The minimum Gasteiger partial charge on any atom is -0.453 e. The Bertz CT molecular complexity index is 853. The summed E-state index contributed by atoms with van der Waals surface area (Å²) in [5.74, 6) is -0.0728. The summed E-state index contributed by atoms with van der Waals surface area (Å²) >= 11 is 6.14. The molecule has 1 aromatic carbocycles. The smallest absolute Gasteiger partial charge is 0.406 e. The second-order valence-corrected chi connectivity index (χ2v) is 10.2. The maximum absolute atomic E-state index is 14.2. The van der Waals surface area contributed by atoms with Crippen LogP contribution < -0.4 is 16.0 Å². The lowest BCUT2D eigenvalue weighted by Crippen LogP contribution is -2.52. The summed E-state index contributed by atoms with van der Waals surface area (Å²) in [6.45, 7) is 3.77. The molecule has 208 valence electrons. The molecule has 0 bridgehead atoms. The fourth-order valence-corrected chi connectivity index (χ4v) is 5.43. The van der Waals surface area contributed by atoms with E-state index < -0.39 is 18.0 Å². The first-order chi connectivity index (χ1) is 17.9. The Balaban J connectivity index is 1.65. The van der Waals surface area contributed by atoms with E-state index in [9.17, 15) is 14.0 Å². The van der Waals surface area contributed by atoms with Gasteiger partial charge in [-0.2, -0.15) is 0 Å². The average Bonchev–Trinajstić information content (AvgIpc) is 2.88. The van der Waals surface area contributed by atoms with Gasteiger partial charge in [0.2, 0.25) is 0 Å². The number of hydrogen-bond acceptors (Lipinski definition) is 6. The molecule has 0 radical (unpaired) electrons. The number of amides is 3. The Morgan fingerprint density at radius 2 is 2.11 bits per heavy atom. The highest BCUT2D eigenvalue weighted by Gasteiger charge is 2.32. The van der Waals surface area contributed by atoms with Gasteiger partial charge in [-0.1, -0.05) is 11.6 Å². The van der Waals surface area contributed by atoms with Crippen molar-refractivity contribution >= 4 is 23.7 Å². The van der Waals surface area contributed by atoms with E-state index in [1.165, 1.54) is 19.2 Å². The molecular formula is C26H40ClFN4O5. The Labute approximate surface area is 223 Å². The third kappa shape index (κ3) is 9.59. The van der Waals surface area contributed by atoms with Gasteiger partial charge in [-0.25, -0.2) is 14.0 Å². The number of benzene rings is 1. The van der Waals surface area contributed by atoms with Crippen LogP contribution in [-0.4, -0.2) is 83.2 Å². The van der Waals surface area contributed by atoms with Crippen LogP contribution in [0.25, 0.3) is 0 Å². The van der Waals surface area contributed by atoms with E-state index in [-0.39, 0.29) is 36.2 Å². The van der Waals surface area contributed by atoms with Gasteiger partial charge in [0.05, 0.1) is 19.8 Å². The molecule has 0 saturated carbocycles. The zero-order valence-electron chi connectivity index (χ0n) is 21.8. The van der Waals surface area contributed by atoms with E-state index in [0.717, 1.165) is 45.3 Å². The molecule has 0 spiro atoms. The van der Waals surface area contributed by atoms with Crippen LogP contribution in [-0.2, 0) is 14.2 Å². The number of halogens is 2. The number of likely N-dealkylation sites (tertiary alicyclic amines) is 1. The van der Waals surface area contributed by atoms with Crippen molar-refractivity contribution in [1.29, 1.82) is 0 Å². The van der Waals surface area contributed by atoms with Gasteiger partial charge in [-0.05, 0) is 68.8 Å². The molecule has 4 unspecified atom stereocenters. The molecule has 3 N–H and O–H groups in total. The fourth-order valence-electron chi connectivity index (χ4n) is 5.20. The zero-order chi connectivity index (χ0) is 26.6. The van der Waals surface area contributed by atoms with Gasteiger partial charge in [0, 0.05) is 56.4 Å². The number of likely N-dealkylation sites (N-methyl/N-ethyl adjacent to an activating group) is 1. The summed E-state index contributed by atoms with van der Waals surface area (Å²) in [6, 6.07) is 4.25. The highest BCUT2D eigenvalue weighted by molar-refractivity contribution is 6.30. The number of nitrogens with zero attached hydrogens (tertiary/aromatic N) is 1. The third-order valence-electron chi connectivity index (χ3n) is 6.89. The molecular weight excluding hydrogens is 503 g/mol. The Kier molecular flexibility index (Phi) is 12.2. The summed E-state index contributed by atoms with van der Waals surface area (Å²) < 4.78 is 30.6. The first kappa shape index (κ1) is 29.4. The molecule has 0 aliphatic carbocycles. The number of ether oxygens (including phenoxy) is 3. The number of rotatable bonds is 11. The average molecular weight is 543 g/mol. The van der Waals surface area contributed by atoms with Crippen molar-refractivity contribution < 1.29 is 28.2 Å². The number of carbonyl (C=O) groups is 2. The molecule has 9 nitrogen and oxygen atoms in total. The van der Waals surface area contributed by atoms with Crippen LogP contribution >= 0.6 is 11.6 Å². The molecule has 11 heteroatoms. The van der Waals surface area contributed by atoms with E-state index in [1.54, 1.807) is 6.07 Å². The SMILES string of the molecule is CNCC(CC1CCCOC1)NC(=O)N1CCCC(C(OCCNC(=O)OC)c2cc(F)cc(Cl)c2)C1. The van der Waals surface area contributed by atoms with E-state index >= 15 is 0 Å². The van der Waals surface area contributed by atoms with Crippen molar-refractivity contribution in [2.45, 2.75) is 44.2 Å². The van der Waals surface area contributed by atoms with Crippen LogP contribution in [0, 0.1) is 17.7 Å². The zero-order valence-corrected chi connectivity index (χ0v) is 22.5. The van der Waals surface area contributed by atoms with Gasteiger partial charge in [-0.3, -0.25) is 0 Å². The Morgan fingerprint density at radius 3 is 2.81 bits per heavy atom. The van der Waals surface area contributed by atoms with E-state index in [1.807, 2.05) is 11.9 Å². The number of methoxy groups -OCH3 is 1. The standard InChI is InChI=1S/C26H40ClFN4O5/c1-29-15-23(11-18-5-4-9-36-17-18)31-25(33)32-8-3-6-19(16-32)24(37-10-7-30-26(34)35-2)20-12-21(27)14-22(28)13-20/h12-14,18-19,23-24,29H,3-11,15-17H2,1-2H3,(H,30,34)(H,31,33). The van der Waals surface area contributed by atoms with Crippen molar-refractivity contribution in [2.24, 2.45) is 11.8 Å². The molecule has 1 aromatic rings. The molecule has 0 aromatic heterocycles. The lowest BCUT2D eigenvalue weighted by atomic mass is 9.88. The quantitative estimate of drug-likeness (QED) is 0.368. The van der Waals surface area contributed by atoms with Gasteiger partial charge in [0.25, 0.3) is 0 Å². The van der Waals surface area contributed by atoms with E-state index in [2.05, 4.69) is 20.7 Å². The van der Waals surface area contributed by atoms with Crippen molar-refractivity contribution in [2.75, 3.05) is 60.2 Å². The fraction of sp³-hybridized carbons (Fsp3) is 0.692. The first-order valence-electron chi connectivity index (χ1n) is 13.1. The van der Waals surface area contributed by atoms with Crippen LogP contribution in [0.3, 0.4) is 0 Å². The lowest BCUT2D eigenvalue weighted by molar-refractivity contribution is -0.00888. The van der Waals surface area contributed by atoms with Crippen molar-refractivity contribution in [3.05, 3.63) is 34.6 Å². The van der Waals surface area contributed by atoms with Crippen LogP contribution in [0.1, 0.15) is 43.8 Å². The number of piperidine rings is 1. The first-order valence-corrected chi connectivity index (χ1v) is 13.4. The normalized spacial score (nSPS) is 21.7. The Hall–Kier alpha value is -2.14. The molecule has 37 heavy (non-hydrogen) atoms. The summed E-state index contributed by atoms with van der Waals surface area (Å²) in [5, 5.41) is 9.26. The monoisotopic (exact) mass is 542 g/mol. The van der Waals surface area contributed by atoms with E-state index in [0.29, 0.717) is 31.1 Å². The van der Waals surface area contributed by atoms with Crippen LogP contribution in [0.15, 0.2) is 18.2 Å². The topological polar surface area (TPSA) is 101 Å². The summed E-state index contributed by atoms with van der Waals surface area (Å²) in [5.41, 5.74) is 0.612. The number of hydrogen-bond donors (Lipinski definition) is 3. The third-order valence-corrected chi connectivity index (χ3v) is 7.11. The minimum atomic E-state index is -0.551. The van der Waals surface area contributed by atoms with Gasteiger partial charge < -0.3 is 35.1 Å². The number of urea groups is 1. The van der Waals surface area contributed by atoms with Crippen molar-refractivity contribution in [1.82, 2.24) is 20.9 Å². The van der Waals surface area contributed by atoms with Gasteiger partial charge in [0.15, 0.2) is 0 Å². The lowest BCUT2D eigenvalue weighted by Gasteiger charge is -2.38. The maximum Gasteiger partial charge on any atom is 0.406 e. The van der Waals surface area contributed by atoms with Crippen LogP contribution in [0.5, 0.6) is 0 Å². The number of nitrogens with one attached hydrogen (secondary N) is 3. The molecule has 3 rings (SSSR count). The highest BCUT2D eigenvalue weighted by atomic mass is 35.5. The minimum absolute atomic E-state index is 0.00282. The molecule has 2 heterocycles. The largest absolute Gasteiger partial charge is 0.453 e. The summed E-state index contributed by atoms with van der Waals surface area (Å²) in [7, 11) is 3.17. The van der Waals surface area contributed by atoms with Gasteiger partial charge >= 0.3 is 12.1 Å². The summed E-state index contributed by atoms with van der Waals surface area (Å²) in [6.07, 6.45) is 3.60. The molecule has 4 atom stereocenters. The molecule has 2 fully saturated rings. The predicted octanol–water partition coefficient (Wildman–Crippen LogP) is 3.72. The predicted molar refractivity (Wildman–Crippen MR) is 139 cm³/mol. The van der Waals surface area contributed by atoms with Gasteiger partial charge in [0.1, 0.15) is 5.82 Å². The van der Waals surface area contributed by atoms with Gasteiger partial charge in [-0.15, -0.1) is 0 Å². The second kappa shape index (κ2) is 15.3. The Morgan fingerprint density at radius 1 is 1.27 bits per heavy atom. The number of carbonyl (C=O) groups excluding carboxylic acids is 2.